The molecule has 0 aromatic carbocycles. The molecule has 0 unspecified atom stereocenters. The van der Waals surface area contributed by atoms with Crippen LogP contribution < -0.4 is 5.73 Å². The molecule has 1 aliphatic rings. The van der Waals surface area contributed by atoms with Crippen molar-refractivity contribution in [1.29, 1.82) is 0 Å². The molecule has 1 aromatic rings. The van der Waals surface area contributed by atoms with Crippen molar-refractivity contribution < 1.29 is 4.79 Å². The zero-order valence-electron chi connectivity index (χ0n) is 6.66. The lowest BCUT2D eigenvalue weighted by Gasteiger charge is -2.18. The fourth-order valence-corrected chi connectivity index (χ4v) is 1.51. The molecule has 0 aliphatic heterocycles. The summed E-state index contributed by atoms with van der Waals surface area (Å²) in [5.41, 5.74) is 7.41. The Morgan fingerprint density at radius 1 is 1.58 bits per heavy atom. The quantitative estimate of drug-likeness (QED) is 0.605. The standard InChI is InChI=1S/C9H10N2O/c10-8-2-1-6-5-11-4-3-7(6)9(8)12/h3-5,8H,1-2,10H2/t8-/m1/s1. The van der Waals surface area contributed by atoms with E-state index in [1.54, 1.807) is 18.5 Å². The van der Waals surface area contributed by atoms with Crippen LogP contribution in [0.5, 0.6) is 0 Å². The van der Waals surface area contributed by atoms with Gasteiger partial charge in [0.25, 0.3) is 0 Å². The minimum absolute atomic E-state index is 0.0543. The second-order valence-corrected chi connectivity index (χ2v) is 3.04. The van der Waals surface area contributed by atoms with Gasteiger partial charge in [0, 0.05) is 18.0 Å². The molecule has 1 aromatic heterocycles. The highest BCUT2D eigenvalue weighted by atomic mass is 16.1. The van der Waals surface area contributed by atoms with E-state index in [0.29, 0.717) is 0 Å². The molecular weight excluding hydrogens is 152 g/mol. The number of fused-ring (bicyclic) bond motifs is 1. The number of pyridine rings is 1. The summed E-state index contributed by atoms with van der Waals surface area (Å²) in [5, 5.41) is 0. The van der Waals surface area contributed by atoms with Crippen molar-refractivity contribution in [2.75, 3.05) is 0 Å². The first kappa shape index (κ1) is 7.43. The van der Waals surface area contributed by atoms with Gasteiger partial charge in [0.05, 0.1) is 6.04 Å². The molecule has 0 radical (unpaired) electrons. The van der Waals surface area contributed by atoms with Gasteiger partial charge in [-0.3, -0.25) is 9.78 Å². The average molecular weight is 162 g/mol. The summed E-state index contributed by atoms with van der Waals surface area (Å²) in [6, 6.07) is 1.44. The van der Waals surface area contributed by atoms with Crippen LogP contribution in [0.3, 0.4) is 0 Å². The highest BCUT2D eigenvalue weighted by Crippen LogP contribution is 2.18. The molecule has 0 amide bonds. The Balaban J connectivity index is 2.49. The van der Waals surface area contributed by atoms with Gasteiger partial charge >= 0.3 is 0 Å². The van der Waals surface area contributed by atoms with E-state index in [-0.39, 0.29) is 11.8 Å². The minimum Gasteiger partial charge on any atom is -0.321 e. The van der Waals surface area contributed by atoms with E-state index < -0.39 is 0 Å². The molecule has 0 bridgehead atoms. The van der Waals surface area contributed by atoms with Gasteiger partial charge in [-0.05, 0) is 24.5 Å². The van der Waals surface area contributed by atoms with E-state index >= 15 is 0 Å². The lowest BCUT2D eigenvalue weighted by Crippen LogP contribution is -2.35. The maximum absolute atomic E-state index is 11.5. The fraction of sp³-hybridized carbons (Fsp3) is 0.333. The van der Waals surface area contributed by atoms with Gasteiger partial charge in [-0.2, -0.15) is 0 Å². The monoisotopic (exact) mass is 162 g/mol. The number of hydrogen-bond acceptors (Lipinski definition) is 3. The lowest BCUT2D eigenvalue weighted by molar-refractivity contribution is 0.0948. The van der Waals surface area contributed by atoms with Gasteiger partial charge in [-0.15, -0.1) is 0 Å². The summed E-state index contributed by atoms with van der Waals surface area (Å²) in [5.74, 6) is 0.0543. The molecule has 0 saturated carbocycles. The molecule has 2 N–H and O–H groups in total. The Labute approximate surface area is 70.6 Å². The number of hydrogen-bond donors (Lipinski definition) is 1. The number of rotatable bonds is 0. The van der Waals surface area contributed by atoms with Crippen molar-refractivity contribution in [1.82, 2.24) is 4.98 Å². The highest BCUT2D eigenvalue weighted by molar-refractivity contribution is 6.02. The molecule has 1 aliphatic carbocycles. The maximum atomic E-state index is 11.5. The van der Waals surface area contributed by atoms with E-state index in [1.807, 2.05) is 0 Å². The number of carbonyl (C=O) groups excluding carboxylic acids is 1. The van der Waals surface area contributed by atoms with Gasteiger partial charge in [0.15, 0.2) is 5.78 Å². The number of carbonyl (C=O) groups is 1. The molecule has 3 nitrogen and oxygen atoms in total. The third-order valence-electron chi connectivity index (χ3n) is 2.23. The third kappa shape index (κ3) is 1.02. The van der Waals surface area contributed by atoms with Crippen LogP contribution >= 0.6 is 0 Å². The highest BCUT2D eigenvalue weighted by Gasteiger charge is 2.23. The van der Waals surface area contributed by atoms with Crippen molar-refractivity contribution >= 4 is 5.78 Å². The maximum Gasteiger partial charge on any atom is 0.179 e. The summed E-state index contributed by atoms with van der Waals surface area (Å²) in [6.07, 6.45) is 5.00. The van der Waals surface area contributed by atoms with Crippen LogP contribution in [0.15, 0.2) is 18.5 Å². The molecule has 3 heteroatoms. The topological polar surface area (TPSA) is 56.0 Å². The third-order valence-corrected chi connectivity index (χ3v) is 2.23. The van der Waals surface area contributed by atoms with E-state index in [2.05, 4.69) is 4.98 Å². The largest absolute Gasteiger partial charge is 0.321 e. The Hall–Kier alpha value is -1.22. The van der Waals surface area contributed by atoms with E-state index in [0.717, 1.165) is 24.0 Å². The summed E-state index contributed by atoms with van der Waals surface area (Å²) in [6.45, 7) is 0. The van der Waals surface area contributed by atoms with Crippen molar-refractivity contribution in [2.45, 2.75) is 18.9 Å². The Bertz CT molecular complexity index is 322. The van der Waals surface area contributed by atoms with Crippen LogP contribution in [0, 0.1) is 0 Å². The molecule has 62 valence electrons. The summed E-state index contributed by atoms with van der Waals surface area (Å²) in [4.78, 5) is 15.4. The predicted molar refractivity (Wildman–Crippen MR) is 44.9 cm³/mol. The van der Waals surface area contributed by atoms with Crippen molar-refractivity contribution in [3.63, 3.8) is 0 Å². The van der Waals surface area contributed by atoms with Gasteiger partial charge < -0.3 is 5.73 Å². The molecule has 0 spiro atoms. The Kier molecular flexibility index (Phi) is 1.66. The second-order valence-electron chi connectivity index (χ2n) is 3.04. The van der Waals surface area contributed by atoms with E-state index in [4.69, 9.17) is 5.73 Å². The van der Waals surface area contributed by atoms with Gasteiger partial charge in [0.1, 0.15) is 0 Å². The normalized spacial score (nSPS) is 22.1. The zero-order valence-corrected chi connectivity index (χ0v) is 6.66. The van der Waals surface area contributed by atoms with Crippen LogP contribution in [0.4, 0.5) is 0 Å². The average Bonchev–Trinajstić information content (AvgIpc) is 2.12. The Morgan fingerprint density at radius 3 is 3.25 bits per heavy atom. The van der Waals surface area contributed by atoms with Crippen LogP contribution in [0.25, 0.3) is 0 Å². The fourth-order valence-electron chi connectivity index (χ4n) is 1.51. The molecule has 1 heterocycles. The Morgan fingerprint density at radius 2 is 2.42 bits per heavy atom. The van der Waals surface area contributed by atoms with Crippen molar-refractivity contribution in [3.8, 4) is 0 Å². The predicted octanol–water partition coefficient (Wildman–Crippen LogP) is 0.538. The molecule has 1 atom stereocenters. The van der Waals surface area contributed by atoms with Crippen LogP contribution in [0.2, 0.25) is 0 Å². The van der Waals surface area contributed by atoms with Gasteiger partial charge in [-0.25, -0.2) is 0 Å². The lowest BCUT2D eigenvalue weighted by atomic mass is 9.89. The number of aromatic nitrogens is 1. The van der Waals surface area contributed by atoms with Crippen molar-refractivity contribution in [2.24, 2.45) is 5.73 Å². The van der Waals surface area contributed by atoms with E-state index in [1.165, 1.54) is 0 Å². The van der Waals surface area contributed by atoms with Gasteiger partial charge in [-0.1, -0.05) is 0 Å². The van der Waals surface area contributed by atoms with Crippen molar-refractivity contribution in [3.05, 3.63) is 29.6 Å². The number of Topliss-reactive ketones (excluding diaryl/α,β-unsaturated/α-hetero) is 1. The first-order chi connectivity index (χ1) is 5.79. The van der Waals surface area contributed by atoms with E-state index in [9.17, 15) is 4.79 Å². The second kappa shape index (κ2) is 2.68. The zero-order chi connectivity index (χ0) is 8.55. The van der Waals surface area contributed by atoms with Crippen LogP contribution in [-0.4, -0.2) is 16.8 Å². The molecular formula is C9H10N2O. The molecule has 0 saturated heterocycles. The first-order valence-electron chi connectivity index (χ1n) is 4.02. The molecule has 12 heavy (non-hydrogen) atoms. The number of ketones is 1. The summed E-state index contributed by atoms with van der Waals surface area (Å²) >= 11 is 0. The number of nitrogens with two attached hydrogens (primary N) is 1. The summed E-state index contributed by atoms with van der Waals surface area (Å²) < 4.78 is 0. The van der Waals surface area contributed by atoms with Crippen LogP contribution in [-0.2, 0) is 6.42 Å². The smallest absolute Gasteiger partial charge is 0.179 e. The SMILES string of the molecule is N[C@@H]1CCc2cnccc2C1=O. The summed E-state index contributed by atoms with van der Waals surface area (Å²) in [7, 11) is 0. The van der Waals surface area contributed by atoms with Crippen LogP contribution in [0.1, 0.15) is 22.3 Å². The van der Waals surface area contributed by atoms with Gasteiger partial charge in [0.2, 0.25) is 0 Å². The first-order valence-corrected chi connectivity index (χ1v) is 4.02. The molecule has 2 rings (SSSR count). The minimum atomic E-state index is -0.306. The number of aryl methyl sites for hydroxylation is 1. The number of nitrogens with zero attached hydrogens (tertiary/aromatic N) is 1. The molecule has 0 fully saturated rings.